The maximum Gasteiger partial charge on any atom is 0.331 e. The Labute approximate surface area is 188 Å². The minimum Gasteiger partial charge on any atom is -0.452 e. The van der Waals surface area contributed by atoms with Gasteiger partial charge >= 0.3 is 11.9 Å². The Kier molecular flexibility index (Phi) is 9.23. The van der Waals surface area contributed by atoms with E-state index in [0.29, 0.717) is 11.4 Å². The SMILES string of the molecule is O=C(COC(=O)/C=C/C(=O)OCC(=O)Nc1ccc(Br)cc1)Nc1ccc(Br)cc1. The summed E-state index contributed by atoms with van der Waals surface area (Å²) in [5, 5.41) is 5.09. The van der Waals surface area contributed by atoms with Gasteiger partial charge in [-0.2, -0.15) is 0 Å². The van der Waals surface area contributed by atoms with Crippen LogP contribution in [0, 0.1) is 0 Å². The predicted octanol–water partition coefficient (Wildman–Crippen LogP) is 3.43. The van der Waals surface area contributed by atoms with Crippen molar-refractivity contribution in [2.75, 3.05) is 23.8 Å². The second kappa shape index (κ2) is 11.9. The van der Waals surface area contributed by atoms with Crippen LogP contribution in [0.5, 0.6) is 0 Å². The summed E-state index contributed by atoms with van der Waals surface area (Å²) in [7, 11) is 0. The molecule has 0 saturated heterocycles. The van der Waals surface area contributed by atoms with E-state index >= 15 is 0 Å². The summed E-state index contributed by atoms with van der Waals surface area (Å²) >= 11 is 6.55. The molecule has 0 aliphatic carbocycles. The molecule has 0 aromatic heterocycles. The summed E-state index contributed by atoms with van der Waals surface area (Å²) in [5.74, 6) is -2.88. The highest BCUT2D eigenvalue weighted by atomic mass is 79.9. The summed E-state index contributed by atoms with van der Waals surface area (Å²) in [5.41, 5.74) is 1.08. The molecule has 2 N–H and O–H groups in total. The van der Waals surface area contributed by atoms with Crippen molar-refractivity contribution in [2.45, 2.75) is 0 Å². The highest BCUT2D eigenvalue weighted by Crippen LogP contribution is 2.14. The van der Waals surface area contributed by atoms with Crippen LogP contribution in [0.1, 0.15) is 0 Å². The van der Waals surface area contributed by atoms with Crippen LogP contribution in [0.3, 0.4) is 0 Å². The van der Waals surface area contributed by atoms with Gasteiger partial charge in [0.15, 0.2) is 13.2 Å². The molecule has 0 fully saturated rings. The van der Waals surface area contributed by atoms with Crippen molar-refractivity contribution >= 4 is 67.0 Å². The highest BCUT2D eigenvalue weighted by molar-refractivity contribution is 9.10. The second-order valence-electron chi connectivity index (χ2n) is 5.66. The van der Waals surface area contributed by atoms with Gasteiger partial charge in [-0.3, -0.25) is 9.59 Å². The first-order chi connectivity index (χ1) is 14.3. The molecule has 0 aliphatic heterocycles. The lowest BCUT2D eigenvalue weighted by Crippen LogP contribution is -2.21. The number of nitrogens with one attached hydrogen (secondary N) is 2. The van der Waals surface area contributed by atoms with Gasteiger partial charge in [0, 0.05) is 32.5 Å². The predicted molar refractivity (Wildman–Crippen MR) is 117 cm³/mol. The number of halogens is 2. The van der Waals surface area contributed by atoms with Crippen molar-refractivity contribution in [1.29, 1.82) is 0 Å². The third kappa shape index (κ3) is 9.01. The van der Waals surface area contributed by atoms with Gasteiger partial charge in [-0.25, -0.2) is 9.59 Å². The van der Waals surface area contributed by atoms with Gasteiger partial charge in [-0.15, -0.1) is 0 Å². The van der Waals surface area contributed by atoms with E-state index in [1.165, 1.54) is 0 Å². The van der Waals surface area contributed by atoms with Crippen LogP contribution in [-0.2, 0) is 28.7 Å². The molecule has 0 radical (unpaired) electrons. The fraction of sp³-hybridized carbons (Fsp3) is 0.100. The summed E-state index contributed by atoms with van der Waals surface area (Å²) in [6.07, 6.45) is 1.61. The largest absolute Gasteiger partial charge is 0.452 e. The molecular formula is C20H16Br2N2O6. The number of benzene rings is 2. The van der Waals surface area contributed by atoms with Crippen molar-refractivity contribution in [1.82, 2.24) is 0 Å². The van der Waals surface area contributed by atoms with Crippen LogP contribution >= 0.6 is 31.9 Å². The molecule has 0 heterocycles. The van der Waals surface area contributed by atoms with E-state index in [4.69, 9.17) is 9.47 Å². The lowest BCUT2D eigenvalue weighted by atomic mass is 10.3. The minimum absolute atomic E-state index is 0.524. The van der Waals surface area contributed by atoms with Gasteiger partial charge in [-0.05, 0) is 48.5 Å². The number of hydrogen-bond acceptors (Lipinski definition) is 6. The van der Waals surface area contributed by atoms with Gasteiger partial charge in [0.1, 0.15) is 0 Å². The number of ether oxygens (including phenoxy) is 2. The maximum atomic E-state index is 11.7. The Bertz CT molecular complexity index is 865. The molecule has 156 valence electrons. The van der Waals surface area contributed by atoms with Gasteiger partial charge < -0.3 is 20.1 Å². The summed E-state index contributed by atoms with van der Waals surface area (Å²) in [6, 6.07) is 13.7. The van der Waals surface area contributed by atoms with Crippen molar-refractivity contribution in [3.63, 3.8) is 0 Å². The molecule has 0 unspecified atom stereocenters. The number of rotatable bonds is 8. The van der Waals surface area contributed by atoms with E-state index in [9.17, 15) is 19.2 Å². The molecule has 0 saturated carbocycles. The van der Waals surface area contributed by atoms with Crippen LogP contribution in [0.4, 0.5) is 11.4 Å². The quantitative estimate of drug-likeness (QED) is 0.393. The van der Waals surface area contributed by atoms with E-state index in [0.717, 1.165) is 21.1 Å². The second-order valence-corrected chi connectivity index (χ2v) is 7.49. The molecule has 2 aromatic rings. The van der Waals surface area contributed by atoms with E-state index < -0.39 is 37.0 Å². The fourth-order valence-corrected chi connectivity index (χ4v) is 2.49. The molecule has 2 amide bonds. The molecule has 0 aliphatic rings. The molecule has 2 aromatic carbocycles. The fourth-order valence-electron chi connectivity index (χ4n) is 1.97. The number of hydrogen-bond donors (Lipinski definition) is 2. The molecule has 0 atom stereocenters. The summed E-state index contributed by atoms with van der Waals surface area (Å²) in [4.78, 5) is 46.6. The monoisotopic (exact) mass is 538 g/mol. The first kappa shape index (κ1) is 23.3. The van der Waals surface area contributed by atoms with Gasteiger partial charge in [0.2, 0.25) is 0 Å². The number of anilines is 2. The lowest BCUT2D eigenvalue weighted by molar-refractivity contribution is -0.144. The van der Waals surface area contributed by atoms with Crippen molar-refractivity contribution < 1.29 is 28.7 Å². The number of esters is 2. The number of carbonyl (C=O) groups is 4. The smallest absolute Gasteiger partial charge is 0.331 e. The van der Waals surface area contributed by atoms with Crippen LogP contribution in [-0.4, -0.2) is 37.0 Å². The Morgan fingerprint density at radius 2 is 1.00 bits per heavy atom. The van der Waals surface area contributed by atoms with E-state index in [-0.39, 0.29) is 0 Å². The Morgan fingerprint density at radius 1 is 0.667 bits per heavy atom. The molecule has 2 rings (SSSR count). The lowest BCUT2D eigenvalue weighted by Gasteiger charge is -2.06. The first-order valence-electron chi connectivity index (χ1n) is 8.44. The number of carbonyl (C=O) groups excluding carboxylic acids is 4. The Balaban J connectivity index is 1.66. The topological polar surface area (TPSA) is 111 Å². The van der Waals surface area contributed by atoms with Crippen LogP contribution in [0.15, 0.2) is 69.6 Å². The van der Waals surface area contributed by atoms with Crippen LogP contribution < -0.4 is 10.6 Å². The van der Waals surface area contributed by atoms with Gasteiger partial charge in [-0.1, -0.05) is 31.9 Å². The third-order valence-corrected chi connectivity index (χ3v) is 4.36. The van der Waals surface area contributed by atoms with E-state index in [1.54, 1.807) is 48.5 Å². The average molecular weight is 540 g/mol. The van der Waals surface area contributed by atoms with Crippen molar-refractivity contribution in [3.05, 3.63) is 69.6 Å². The summed E-state index contributed by atoms with van der Waals surface area (Å²) < 4.78 is 11.2. The van der Waals surface area contributed by atoms with E-state index in [2.05, 4.69) is 42.5 Å². The average Bonchev–Trinajstić information content (AvgIpc) is 2.72. The first-order valence-corrected chi connectivity index (χ1v) is 10.0. The molecule has 0 bridgehead atoms. The molecule has 10 heteroatoms. The van der Waals surface area contributed by atoms with Crippen molar-refractivity contribution in [2.24, 2.45) is 0 Å². The van der Waals surface area contributed by atoms with Crippen LogP contribution in [0.25, 0.3) is 0 Å². The normalized spacial score (nSPS) is 10.3. The Morgan fingerprint density at radius 3 is 1.33 bits per heavy atom. The van der Waals surface area contributed by atoms with E-state index in [1.807, 2.05) is 0 Å². The maximum absolute atomic E-state index is 11.7. The number of amides is 2. The molecule has 0 spiro atoms. The zero-order chi connectivity index (χ0) is 21.9. The minimum atomic E-state index is -0.905. The third-order valence-electron chi connectivity index (χ3n) is 3.30. The van der Waals surface area contributed by atoms with Crippen LogP contribution in [0.2, 0.25) is 0 Å². The molecule has 8 nitrogen and oxygen atoms in total. The highest BCUT2D eigenvalue weighted by Gasteiger charge is 2.08. The van der Waals surface area contributed by atoms with Crippen molar-refractivity contribution in [3.8, 4) is 0 Å². The molecule has 30 heavy (non-hydrogen) atoms. The summed E-state index contributed by atoms with van der Waals surface area (Å²) in [6.45, 7) is -1.05. The van der Waals surface area contributed by atoms with Gasteiger partial charge in [0.05, 0.1) is 0 Å². The standard InChI is InChI=1S/C20H16Br2N2O6/c21-13-1-5-15(6-2-13)23-17(25)11-29-19(27)9-10-20(28)30-12-18(26)24-16-7-3-14(22)4-8-16/h1-10H,11-12H2,(H,23,25)(H,24,26)/b10-9+. The zero-order valence-corrected chi connectivity index (χ0v) is 18.6. The van der Waals surface area contributed by atoms with Gasteiger partial charge in [0.25, 0.3) is 11.8 Å². The zero-order valence-electron chi connectivity index (χ0n) is 15.4. The molecular weight excluding hydrogens is 524 g/mol. The Hall–Kier alpha value is -2.98.